The molecule has 0 aliphatic heterocycles. The second-order valence-corrected chi connectivity index (χ2v) is 7.42. The van der Waals surface area contributed by atoms with Crippen molar-refractivity contribution in [3.8, 4) is 0 Å². The van der Waals surface area contributed by atoms with E-state index in [1.165, 1.54) is 0 Å². The Balaban J connectivity index is 0.000000208. The van der Waals surface area contributed by atoms with Crippen LogP contribution < -0.4 is 5.56 Å². The van der Waals surface area contributed by atoms with Crippen molar-refractivity contribution in [2.45, 2.75) is 20.4 Å². The number of thiocarbonyl (C=S) groups is 1. The smallest absolute Gasteiger partial charge is 0.285 e. The van der Waals surface area contributed by atoms with Gasteiger partial charge >= 0.3 is 0 Å². The van der Waals surface area contributed by atoms with Gasteiger partial charge in [-0.05, 0) is 58.4 Å². The van der Waals surface area contributed by atoms with Crippen LogP contribution in [0.5, 0.6) is 0 Å². The molecule has 9 heteroatoms. The highest BCUT2D eigenvalue weighted by molar-refractivity contribution is 9.10. The van der Waals surface area contributed by atoms with E-state index >= 15 is 0 Å². The number of aromatic amines is 2. The minimum absolute atomic E-state index is 0.175. The first-order chi connectivity index (χ1) is 12.8. The number of isothiocyanates is 1. The number of fused-ring (bicyclic) bond motifs is 1. The summed E-state index contributed by atoms with van der Waals surface area (Å²) in [5.41, 5.74) is 1.75. The van der Waals surface area contributed by atoms with Crippen LogP contribution in [-0.4, -0.2) is 25.6 Å². The Morgan fingerprint density at radius 3 is 2.59 bits per heavy atom. The Labute approximate surface area is 174 Å². The van der Waals surface area contributed by atoms with Crippen LogP contribution in [0.3, 0.4) is 0 Å². The largest absolute Gasteiger partial charge is 0.354 e. The Morgan fingerprint density at radius 2 is 2.00 bits per heavy atom. The number of carbonyl (C=O) groups excluding carboxylic acids is 1. The number of benzene rings is 1. The molecule has 0 unspecified atom stereocenters. The molecule has 0 radical (unpaired) electrons. The lowest BCUT2D eigenvalue weighted by Gasteiger charge is -2.11. The minimum Gasteiger partial charge on any atom is -0.354 e. The van der Waals surface area contributed by atoms with Crippen LogP contribution in [0.4, 0.5) is 0 Å². The second-order valence-electron chi connectivity index (χ2n) is 6.00. The fourth-order valence-corrected chi connectivity index (χ4v) is 3.25. The van der Waals surface area contributed by atoms with Crippen molar-refractivity contribution >= 4 is 62.5 Å². The Hall–Kier alpha value is -2.19. The van der Waals surface area contributed by atoms with Gasteiger partial charge in [-0.3, -0.25) is 14.6 Å². The predicted molar refractivity (Wildman–Crippen MR) is 116 cm³/mol. The summed E-state index contributed by atoms with van der Waals surface area (Å²) in [6.45, 7) is 5.00. The molecule has 0 atom stereocenters. The van der Waals surface area contributed by atoms with Crippen molar-refractivity contribution in [3.05, 3.63) is 61.7 Å². The number of hydrogen-bond donors (Lipinski definition) is 2. The summed E-state index contributed by atoms with van der Waals surface area (Å²) in [5, 5.41) is 2.02. The molecule has 2 aromatic heterocycles. The van der Waals surface area contributed by atoms with E-state index < -0.39 is 0 Å². The van der Waals surface area contributed by atoms with E-state index in [4.69, 9.17) is 12.2 Å². The number of carbonyl (C=O) groups is 1. The maximum Gasteiger partial charge on any atom is 0.285 e. The minimum atomic E-state index is -0.347. The van der Waals surface area contributed by atoms with E-state index in [1.807, 2.05) is 15.8 Å². The monoisotopic (exact) mass is 464 g/mol. The molecule has 1 aromatic carbocycles. The highest BCUT2D eigenvalue weighted by atomic mass is 79.9. The number of rotatable bonds is 3. The first-order valence-corrected chi connectivity index (χ1v) is 9.63. The van der Waals surface area contributed by atoms with Crippen molar-refractivity contribution in [2.75, 3.05) is 0 Å². The summed E-state index contributed by atoms with van der Waals surface area (Å²) in [4.78, 5) is 31.5. The van der Waals surface area contributed by atoms with Crippen LogP contribution in [0.1, 0.15) is 24.2 Å². The van der Waals surface area contributed by atoms with Crippen molar-refractivity contribution < 1.29 is 4.79 Å². The lowest BCUT2D eigenvalue weighted by molar-refractivity contribution is 0.100. The van der Waals surface area contributed by atoms with E-state index in [2.05, 4.69) is 57.0 Å². The van der Waals surface area contributed by atoms with E-state index in [9.17, 15) is 9.59 Å². The zero-order valence-corrected chi connectivity index (χ0v) is 17.9. The lowest BCUT2D eigenvalue weighted by Crippen LogP contribution is -2.16. The van der Waals surface area contributed by atoms with Crippen LogP contribution in [0, 0.1) is 10.7 Å². The number of aliphatic imine (C=N–C) groups is 1. The molecular weight excluding hydrogens is 448 g/mol. The summed E-state index contributed by atoms with van der Waals surface area (Å²) in [7, 11) is 0. The van der Waals surface area contributed by atoms with E-state index in [0.29, 0.717) is 21.8 Å². The third-order valence-electron chi connectivity index (χ3n) is 3.48. The van der Waals surface area contributed by atoms with Gasteiger partial charge in [-0.15, -0.1) is 0 Å². The Bertz CT molecular complexity index is 1110. The maximum absolute atomic E-state index is 11.7. The predicted octanol–water partition coefficient (Wildman–Crippen LogP) is 4.74. The van der Waals surface area contributed by atoms with Crippen molar-refractivity contribution in [2.24, 2.45) is 10.9 Å². The van der Waals surface area contributed by atoms with Gasteiger partial charge < -0.3 is 9.55 Å². The summed E-state index contributed by atoms with van der Waals surface area (Å²) >= 11 is 12.9. The summed E-state index contributed by atoms with van der Waals surface area (Å²) in [6, 6.07) is 8.73. The molecular formula is C18H17BrN4O2S2. The average molecular weight is 465 g/mol. The number of amides is 1. The number of halogens is 1. The maximum atomic E-state index is 11.7. The molecule has 27 heavy (non-hydrogen) atoms. The molecule has 6 nitrogen and oxygen atoms in total. The molecule has 3 rings (SSSR count). The highest BCUT2D eigenvalue weighted by Gasteiger charge is 2.11. The summed E-state index contributed by atoms with van der Waals surface area (Å²) in [6.07, 6.45) is 1.76. The van der Waals surface area contributed by atoms with Crippen molar-refractivity contribution in [1.29, 1.82) is 0 Å². The van der Waals surface area contributed by atoms with Crippen LogP contribution in [0.15, 0.2) is 50.8 Å². The molecule has 2 N–H and O–H groups in total. The molecule has 0 aliphatic carbocycles. The van der Waals surface area contributed by atoms with Gasteiger partial charge in [0.15, 0.2) is 4.77 Å². The molecule has 0 aliphatic rings. The third-order valence-corrected chi connectivity index (χ3v) is 4.50. The molecule has 140 valence electrons. The average Bonchev–Trinajstić information content (AvgIpc) is 3.02. The molecule has 0 bridgehead atoms. The van der Waals surface area contributed by atoms with Crippen molar-refractivity contribution in [1.82, 2.24) is 14.5 Å². The third kappa shape index (κ3) is 5.40. The van der Waals surface area contributed by atoms with Crippen LogP contribution in [-0.2, 0) is 6.54 Å². The summed E-state index contributed by atoms with van der Waals surface area (Å²) in [5.74, 6) is 0.114. The van der Waals surface area contributed by atoms with Crippen LogP contribution in [0.2, 0.25) is 0 Å². The number of aromatic nitrogens is 3. The number of hydrogen-bond acceptors (Lipinski definition) is 4. The normalized spacial score (nSPS) is 10.2. The molecule has 1 amide bonds. The first-order valence-electron chi connectivity index (χ1n) is 8.02. The zero-order valence-electron chi connectivity index (χ0n) is 14.7. The quantitative estimate of drug-likeness (QED) is 0.433. The topological polar surface area (TPSA) is 83.0 Å². The standard InChI is InChI=1S/C10H12BrN3OS.C8H5NOS/c1-5(2)4-14-8-6(11)3-12-7(8)9(15)13-10(14)16;10-8(9-6-11)7-4-2-1-3-5-7/h3,5,12H,4H2,1-2H3,(H,13,15,16);1-5H. The number of nitrogens with zero attached hydrogens (tertiary/aromatic N) is 2. The second kappa shape index (κ2) is 9.66. The van der Waals surface area contributed by atoms with Crippen molar-refractivity contribution in [3.63, 3.8) is 0 Å². The Morgan fingerprint density at radius 1 is 1.33 bits per heavy atom. The Kier molecular flexibility index (Phi) is 7.55. The lowest BCUT2D eigenvalue weighted by atomic mass is 10.2. The zero-order chi connectivity index (χ0) is 20.0. The van der Waals surface area contributed by atoms with Gasteiger partial charge in [0.2, 0.25) is 0 Å². The highest BCUT2D eigenvalue weighted by Crippen LogP contribution is 2.21. The fourth-order valence-electron chi connectivity index (χ4n) is 2.38. The first kappa shape index (κ1) is 21.1. The van der Waals surface area contributed by atoms with Gasteiger partial charge in [0.25, 0.3) is 11.5 Å². The van der Waals surface area contributed by atoms with E-state index in [-0.39, 0.29) is 11.5 Å². The van der Waals surface area contributed by atoms with Gasteiger partial charge in [-0.25, -0.2) is 0 Å². The number of nitrogens with one attached hydrogen (secondary N) is 2. The van der Waals surface area contributed by atoms with Gasteiger partial charge in [-0.2, -0.15) is 4.99 Å². The van der Waals surface area contributed by atoms with Gasteiger partial charge in [0.05, 0.1) is 15.2 Å². The van der Waals surface area contributed by atoms with Gasteiger partial charge in [0, 0.05) is 18.3 Å². The molecule has 0 saturated carbocycles. The molecule has 2 heterocycles. The van der Waals surface area contributed by atoms with E-state index in [1.54, 1.807) is 30.5 Å². The van der Waals surface area contributed by atoms with Crippen LogP contribution in [0.25, 0.3) is 11.0 Å². The molecule has 3 aromatic rings. The molecule has 0 spiro atoms. The fraction of sp³-hybridized carbons (Fsp3) is 0.222. The number of H-pyrrole nitrogens is 2. The molecule has 0 saturated heterocycles. The van der Waals surface area contributed by atoms with Crippen LogP contribution >= 0.6 is 40.4 Å². The van der Waals surface area contributed by atoms with E-state index in [0.717, 1.165) is 16.5 Å². The van der Waals surface area contributed by atoms with Gasteiger partial charge in [-0.1, -0.05) is 32.0 Å². The SMILES string of the molecule is CC(C)Cn1c(=S)[nH]c(=O)c2[nH]cc(Br)c21.O=C(N=C=S)c1ccccc1. The van der Waals surface area contributed by atoms with Gasteiger partial charge in [0.1, 0.15) is 5.52 Å². The summed E-state index contributed by atoms with van der Waals surface area (Å²) < 4.78 is 3.27. The molecule has 0 fully saturated rings.